The van der Waals surface area contributed by atoms with Crippen LogP contribution < -0.4 is 0 Å². The fraction of sp³-hybridized carbons (Fsp3) is 0.368. The van der Waals surface area contributed by atoms with E-state index in [4.69, 9.17) is 23.2 Å². The molecule has 25 heavy (non-hydrogen) atoms. The Morgan fingerprint density at radius 2 is 1.72 bits per heavy atom. The van der Waals surface area contributed by atoms with Crippen molar-refractivity contribution in [3.05, 3.63) is 63.4 Å². The van der Waals surface area contributed by atoms with E-state index in [9.17, 15) is 4.79 Å². The highest BCUT2D eigenvalue weighted by Gasteiger charge is 2.21. The van der Waals surface area contributed by atoms with Gasteiger partial charge in [-0.25, -0.2) is 4.98 Å². The van der Waals surface area contributed by atoms with Crippen molar-refractivity contribution in [1.29, 1.82) is 0 Å². The number of benzene rings is 1. The number of rotatable bonds is 4. The zero-order valence-electron chi connectivity index (χ0n) is 14.2. The molecule has 132 valence electrons. The van der Waals surface area contributed by atoms with E-state index in [1.165, 1.54) is 5.56 Å². The van der Waals surface area contributed by atoms with Crippen LogP contribution in [0.5, 0.6) is 0 Å². The second-order valence-electron chi connectivity index (χ2n) is 6.38. The average Bonchev–Trinajstić information content (AvgIpc) is 2.56. The Bertz CT molecular complexity index is 738. The van der Waals surface area contributed by atoms with Gasteiger partial charge in [0.25, 0.3) is 0 Å². The topological polar surface area (TPSA) is 36.4 Å². The van der Waals surface area contributed by atoms with Crippen LogP contribution in [0.15, 0.2) is 36.4 Å². The minimum atomic E-state index is 0.198. The first-order valence-corrected chi connectivity index (χ1v) is 9.13. The summed E-state index contributed by atoms with van der Waals surface area (Å²) in [4.78, 5) is 20.8. The van der Waals surface area contributed by atoms with Crippen molar-refractivity contribution in [2.75, 3.05) is 26.2 Å². The highest BCUT2D eigenvalue weighted by atomic mass is 35.5. The summed E-state index contributed by atoms with van der Waals surface area (Å²) in [7, 11) is 0. The van der Waals surface area contributed by atoms with Gasteiger partial charge in [0.1, 0.15) is 10.3 Å². The molecule has 1 amide bonds. The number of amides is 1. The Labute approximate surface area is 158 Å². The van der Waals surface area contributed by atoms with E-state index < -0.39 is 0 Å². The predicted molar refractivity (Wildman–Crippen MR) is 101 cm³/mol. The lowest BCUT2D eigenvalue weighted by atomic mass is 10.1. The number of hydrogen-bond acceptors (Lipinski definition) is 3. The molecule has 4 nitrogen and oxygen atoms in total. The molecule has 0 unspecified atom stereocenters. The number of carbonyl (C=O) groups excluding carboxylic acids is 1. The molecule has 1 aliphatic rings. The summed E-state index contributed by atoms with van der Waals surface area (Å²) >= 11 is 11.9. The molecule has 0 saturated carbocycles. The minimum Gasteiger partial charge on any atom is -0.340 e. The van der Waals surface area contributed by atoms with Crippen LogP contribution in [0, 0.1) is 6.92 Å². The van der Waals surface area contributed by atoms with Gasteiger partial charge in [-0.3, -0.25) is 9.69 Å². The highest BCUT2D eigenvalue weighted by molar-refractivity contribution is 6.32. The largest absolute Gasteiger partial charge is 0.340 e. The Balaban J connectivity index is 1.53. The number of nitrogens with zero attached hydrogens (tertiary/aromatic N) is 3. The first kappa shape index (κ1) is 18.2. The van der Waals surface area contributed by atoms with Crippen LogP contribution in [-0.2, 0) is 17.8 Å². The summed E-state index contributed by atoms with van der Waals surface area (Å²) in [5.41, 5.74) is 3.32. The fourth-order valence-corrected chi connectivity index (χ4v) is 3.61. The maximum Gasteiger partial charge on any atom is 0.227 e. The Hall–Kier alpha value is -1.62. The number of aromatic nitrogens is 1. The van der Waals surface area contributed by atoms with Crippen LogP contribution >= 0.6 is 23.2 Å². The molecule has 1 saturated heterocycles. The smallest absolute Gasteiger partial charge is 0.227 e. The van der Waals surface area contributed by atoms with E-state index in [0.29, 0.717) is 16.7 Å². The molecule has 1 aromatic heterocycles. The molecule has 0 atom stereocenters. The van der Waals surface area contributed by atoms with Gasteiger partial charge in [-0.1, -0.05) is 47.5 Å². The van der Waals surface area contributed by atoms with Gasteiger partial charge in [-0.2, -0.15) is 0 Å². The van der Waals surface area contributed by atoms with Gasteiger partial charge >= 0.3 is 0 Å². The molecule has 2 aromatic rings. The lowest BCUT2D eigenvalue weighted by molar-refractivity contribution is -0.132. The predicted octanol–water partition coefficient (Wildman–Crippen LogP) is 3.58. The Kier molecular flexibility index (Phi) is 5.94. The van der Waals surface area contributed by atoms with Crippen LogP contribution in [-0.4, -0.2) is 46.9 Å². The van der Waals surface area contributed by atoms with Gasteiger partial charge in [0.2, 0.25) is 5.91 Å². The summed E-state index contributed by atoms with van der Waals surface area (Å²) < 4.78 is 0. The highest BCUT2D eigenvalue weighted by Crippen LogP contribution is 2.17. The lowest BCUT2D eigenvalue weighted by Crippen LogP contribution is -2.48. The normalized spacial score (nSPS) is 15.4. The number of piperazine rings is 1. The van der Waals surface area contributed by atoms with E-state index in [0.717, 1.165) is 43.9 Å². The molecule has 0 bridgehead atoms. The standard InChI is InChI=1S/C19H21Cl2N3O/c1-14-4-2-3-5-16(14)12-19(25)24-8-6-23(7-9-24)13-15-10-17(20)22-18(21)11-15/h2-5,10-11H,6-9,12-13H2,1H3. The van der Waals surface area contributed by atoms with Crippen LogP contribution in [0.1, 0.15) is 16.7 Å². The quantitative estimate of drug-likeness (QED) is 0.763. The van der Waals surface area contributed by atoms with Crippen LogP contribution in [0.4, 0.5) is 0 Å². The zero-order valence-corrected chi connectivity index (χ0v) is 15.7. The molecule has 0 aliphatic carbocycles. The lowest BCUT2D eigenvalue weighted by Gasteiger charge is -2.35. The molecule has 0 radical (unpaired) electrons. The van der Waals surface area contributed by atoms with E-state index in [-0.39, 0.29) is 5.91 Å². The summed E-state index contributed by atoms with van der Waals surface area (Å²) in [6.45, 7) is 6.00. The van der Waals surface area contributed by atoms with Gasteiger partial charge in [0.05, 0.1) is 6.42 Å². The molecule has 1 fully saturated rings. The van der Waals surface area contributed by atoms with Gasteiger partial charge in [-0.15, -0.1) is 0 Å². The third kappa shape index (κ3) is 4.94. The molecule has 2 heterocycles. The van der Waals surface area contributed by atoms with E-state index in [1.807, 2.05) is 48.2 Å². The number of pyridine rings is 1. The molecule has 0 N–H and O–H groups in total. The van der Waals surface area contributed by atoms with Crippen molar-refractivity contribution in [1.82, 2.24) is 14.8 Å². The van der Waals surface area contributed by atoms with Crippen molar-refractivity contribution in [3.8, 4) is 0 Å². The third-order valence-electron chi connectivity index (χ3n) is 4.56. The molecule has 1 aliphatic heterocycles. The van der Waals surface area contributed by atoms with Crippen molar-refractivity contribution in [2.45, 2.75) is 19.9 Å². The van der Waals surface area contributed by atoms with Gasteiger partial charge in [0.15, 0.2) is 0 Å². The van der Waals surface area contributed by atoms with E-state index in [2.05, 4.69) is 9.88 Å². The van der Waals surface area contributed by atoms with E-state index in [1.54, 1.807) is 0 Å². The van der Waals surface area contributed by atoms with Crippen molar-refractivity contribution in [3.63, 3.8) is 0 Å². The number of aryl methyl sites for hydroxylation is 1. The van der Waals surface area contributed by atoms with Crippen LogP contribution in [0.2, 0.25) is 10.3 Å². The number of halogens is 2. The second kappa shape index (κ2) is 8.17. The molecule has 6 heteroatoms. The summed E-state index contributed by atoms with van der Waals surface area (Å²) in [6, 6.07) is 11.7. The molecular weight excluding hydrogens is 357 g/mol. The van der Waals surface area contributed by atoms with Crippen molar-refractivity contribution >= 4 is 29.1 Å². The van der Waals surface area contributed by atoms with E-state index >= 15 is 0 Å². The first-order chi connectivity index (χ1) is 12.0. The van der Waals surface area contributed by atoms with Crippen molar-refractivity contribution < 1.29 is 4.79 Å². The fourth-order valence-electron chi connectivity index (χ4n) is 3.10. The molecule has 0 spiro atoms. The molecular formula is C19H21Cl2N3O. The third-order valence-corrected chi connectivity index (χ3v) is 4.94. The maximum absolute atomic E-state index is 12.5. The Morgan fingerprint density at radius 1 is 1.08 bits per heavy atom. The molecule has 3 rings (SSSR count). The summed E-state index contributed by atoms with van der Waals surface area (Å²) in [5, 5.41) is 0.823. The monoisotopic (exact) mass is 377 g/mol. The Morgan fingerprint density at radius 3 is 2.36 bits per heavy atom. The number of hydrogen-bond donors (Lipinski definition) is 0. The van der Waals surface area contributed by atoms with Crippen LogP contribution in [0.3, 0.4) is 0 Å². The first-order valence-electron chi connectivity index (χ1n) is 8.38. The van der Waals surface area contributed by atoms with Gasteiger partial charge < -0.3 is 4.90 Å². The maximum atomic E-state index is 12.5. The van der Waals surface area contributed by atoms with Gasteiger partial charge in [-0.05, 0) is 35.7 Å². The second-order valence-corrected chi connectivity index (χ2v) is 7.16. The number of carbonyl (C=O) groups is 1. The zero-order chi connectivity index (χ0) is 17.8. The minimum absolute atomic E-state index is 0.198. The SMILES string of the molecule is Cc1ccccc1CC(=O)N1CCN(Cc2cc(Cl)nc(Cl)c2)CC1. The van der Waals surface area contributed by atoms with Gasteiger partial charge in [0, 0.05) is 32.7 Å². The summed E-state index contributed by atoms with van der Waals surface area (Å²) in [6.07, 6.45) is 0.474. The van der Waals surface area contributed by atoms with Crippen LogP contribution in [0.25, 0.3) is 0 Å². The average molecular weight is 378 g/mol. The van der Waals surface area contributed by atoms with Crippen molar-refractivity contribution in [2.24, 2.45) is 0 Å². The summed E-state index contributed by atoms with van der Waals surface area (Å²) in [5.74, 6) is 0.198. The molecule has 1 aromatic carbocycles.